The number of aromatic carboxylic acids is 1. The molecule has 4 rings (SSSR count). The summed E-state index contributed by atoms with van der Waals surface area (Å²) in [5, 5.41) is 12.1. The van der Waals surface area contributed by atoms with Crippen molar-refractivity contribution in [3.8, 4) is 5.13 Å². The fourth-order valence-electron chi connectivity index (χ4n) is 3.40. The second-order valence-corrected chi connectivity index (χ2v) is 7.38. The molecule has 1 N–H and O–H groups in total. The Labute approximate surface area is 151 Å². The maximum absolute atomic E-state index is 12.7. The van der Waals surface area contributed by atoms with Gasteiger partial charge in [-0.05, 0) is 6.92 Å². The number of pyridine rings is 1. The molecule has 2 aromatic rings. The molecule has 1 saturated heterocycles. The number of hydrogen-bond donors (Lipinski definition) is 1. The molecule has 2 aliphatic rings. The predicted octanol–water partition coefficient (Wildman–Crippen LogP) is -0.357. The van der Waals surface area contributed by atoms with Gasteiger partial charge in [0.2, 0.25) is 5.43 Å². The Bertz CT molecular complexity index is 1070. The average Bonchev–Trinajstić information content (AvgIpc) is 3.07. The zero-order chi connectivity index (χ0) is 18.4. The average molecular weight is 372 g/mol. The summed E-state index contributed by atoms with van der Waals surface area (Å²) in [6.07, 6.45) is 4.24. The summed E-state index contributed by atoms with van der Waals surface area (Å²) in [6.45, 7) is 3.13. The molecule has 0 bridgehead atoms. The van der Waals surface area contributed by atoms with E-state index in [-0.39, 0.29) is 17.6 Å². The van der Waals surface area contributed by atoms with Crippen molar-refractivity contribution in [1.29, 1.82) is 0 Å². The largest absolute Gasteiger partial charge is 0.477 e. The summed E-state index contributed by atoms with van der Waals surface area (Å²) in [4.78, 5) is 46.1. The van der Waals surface area contributed by atoms with Crippen LogP contribution in [0.15, 0.2) is 27.6 Å². The van der Waals surface area contributed by atoms with E-state index in [4.69, 9.17) is 4.99 Å². The fraction of sp³-hybridized carbons (Fsp3) is 0.353. The Kier molecular flexibility index (Phi) is 4.04. The van der Waals surface area contributed by atoms with Gasteiger partial charge in [-0.15, -0.1) is 11.3 Å². The summed E-state index contributed by atoms with van der Waals surface area (Å²) in [6, 6.07) is 0. The minimum Gasteiger partial charge on any atom is -0.477 e. The molecular formula is C17H16N4O4S. The predicted molar refractivity (Wildman–Crippen MR) is 94.1 cm³/mol. The van der Waals surface area contributed by atoms with Crippen molar-refractivity contribution in [2.45, 2.75) is 19.5 Å². The lowest BCUT2D eigenvalue weighted by atomic mass is 9.98. The number of carboxylic acids is 1. The van der Waals surface area contributed by atoms with Crippen LogP contribution in [0.1, 0.15) is 23.7 Å². The molecule has 1 unspecified atom stereocenters. The zero-order valence-electron chi connectivity index (χ0n) is 14.0. The van der Waals surface area contributed by atoms with Crippen LogP contribution in [-0.4, -0.2) is 51.1 Å². The van der Waals surface area contributed by atoms with Gasteiger partial charge < -0.3 is 9.90 Å². The number of aldehydes is 1. The van der Waals surface area contributed by atoms with Crippen LogP contribution in [0.4, 0.5) is 0 Å². The van der Waals surface area contributed by atoms with Crippen LogP contribution in [0.2, 0.25) is 0 Å². The van der Waals surface area contributed by atoms with E-state index in [1.165, 1.54) is 17.5 Å². The summed E-state index contributed by atoms with van der Waals surface area (Å²) in [7, 11) is 0. The third kappa shape index (κ3) is 2.60. The highest BCUT2D eigenvalue weighted by atomic mass is 32.1. The highest BCUT2D eigenvalue weighted by Gasteiger charge is 2.33. The van der Waals surface area contributed by atoms with E-state index in [0.717, 1.165) is 11.9 Å². The molecule has 134 valence electrons. The number of fused-ring (bicyclic) bond motifs is 1. The van der Waals surface area contributed by atoms with E-state index in [1.54, 1.807) is 16.1 Å². The Morgan fingerprint density at radius 2 is 2.19 bits per heavy atom. The molecule has 0 aromatic carbocycles. The first-order valence-corrected chi connectivity index (χ1v) is 9.03. The quantitative estimate of drug-likeness (QED) is 0.735. The number of rotatable bonds is 4. The van der Waals surface area contributed by atoms with Gasteiger partial charge in [0, 0.05) is 43.2 Å². The van der Waals surface area contributed by atoms with Gasteiger partial charge in [-0.2, -0.15) is 0 Å². The smallest absolute Gasteiger partial charge is 0.341 e. The van der Waals surface area contributed by atoms with E-state index < -0.39 is 11.4 Å². The SMILES string of the molecule is CC1=c2c(=O)c(C(=O)O)cn(-c3nccs3)c2=NC(N2CC(C=O)C2)C1. The molecule has 1 fully saturated rings. The number of carboxylic acid groups (broad SMARTS) is 1. The van der Waals surface area contributed by atoms with Crippen LogP contribution in [0.25, 0.3) is 10.7 Å². The molecule has 26 heavy (non-hydrogen) atoms. The number of carbonyl (C=O) groups excluding carboxylic acids is 1. The van der Waals surface area contributed by atoms with Gasteiger partial charge in [0.25, 0.3) is 0 Å². The Hall–Kier alpha value is -2.65. The molecule has 9 heteroatoms. The number of hydrogen-bond acceptors (Lipinski definition) is 7. The van der Waals surface area contributed by atoms with Gasteiger partial charge in [-0.1, -0.05) is 5.57 Å². The van der Waals surface area contributed by atoms with Crippen LogP contribution in [0.3, 0.4) is 0 Å². The molecule has 0 spiro atoms. The molecule has 0 amide bonds. The van der Waals surface area contributed by atoms with E-state index in [0.29, 0.717) is 35.3 Å². The summed E-state index contributed by atoms with van der Waals surface area (Å²) in [5.74, 6) is -1.24. The minimum absolute atomic E-state index is 0.0300. The number of carbonyl (C=O) groups is 2. The minimum atomic E-state index is -1.27. The molecule has 1 atom stereocenters. The molecule has 8 nitrogen and oxygen atoms in total. The third-order valence-corrected chi connectivity index (χ3v) is 5.55. The van der Waals surface area contributed by atoms with Crippen LogP contribution in [-0.2, 0) is 4.79 Å². The number of likely N-dealkylation sites (tertiary alicyclic amines) is 1. The van der Waals surface area contributed by atoms with E-state index in [2.05, 4.69) is 9.88 Å². The first kappa shape index (κ1) is 16.8. The van der Waals surface area contributed by atoms with Crippen molar-refractivity contribution in [1.82, 2.24) is 14.5 Å². The molecule has 0 aliphatic carbocycles. The van der Waals surface area contributed by atoms with Gasteiger partial charge in [0.05, 0.1) is 5.22 Å². The van der Waals surface area contributed by atoms with Gasteiger partial charge in [0.15, 0.2) is 5.13 Å². The third-order valence-electron chi connectivity index (χ3n) is 4.78. The van der Waals surface area contributed by atoms with Crippen LogP contribution < -0.4 is 16.1 Å². The summed E-state index contributed by atoms with van der Waals surface area (Å²) >= 11 is 1.34. The summed E-state index contributed by atoms with van der Waals surface area (Å²) in [5.41, 5.74) is 0.414. The second kappa shape index (κ2) is 6.26. The van der Waals surface area contributed by atoms with Crippen LogP contribution in [0, 0.1) is 5.92 Å². The van der Waals surface area contributed by atoms with E-state index in [1.807, 2.05) is 6.92 Å². The maximum atomic E-state index is 12.7. The van der Waals surface area contributed by atoms with Gasteiger partial charge in [-0.3, -0.25) is 14.3 Å². The zero-order valence-corrected chi connectivity index (χ0v) is 14.8. The van der Waals surface area contributed by atoms with Crippen molar-refractivity contribution >= 4 is 29.2 Å². The van der Waals surface area contributed by atoms with E-state index in [9.17, 15) is 19.5 Å². The molecule has 4 heterocycles. The number of aromatic nitrogens is 2. The van der Waals surface area contributed by atoms with Crippen molar-refractivity contribution in [2.75, 3.05) is 13.1 Å². The first-order valence-electron chi connectivity index (χ1n) is 8.15. The molecule has 2 aromatic heterocycles. The molecule has 0 radical (unpaired) electrons. The summed E-state index contributed by atoms with van der Waals surface area (Å²) < 4.78 is 1.58. The van der Waals surface area contributed by atoms with Crippen molar-refractivity contribution in [3.63, 3.8) is 0 Å². The second-order valence-electron chi connectivity index (χ2n) is 6.50. The molecule has 2 aliphatic heterocycles. The van der Waals surface area contributed by atoms with Crippen LogP contribution in [0.5, 0.6) is 0 Å². The normalized spacial score (nSPS) is 20.2. The Balaban J connectivity index is 1.95. The lowest BCUT2D eigenvalue weighted by Crippen LogP contribution is -2.57. The highest BCUT2D eigenvalue weighted by Crippen LogP contribution is 2.22. The monoisotopic (exact) mass is 372 g/mol. The van der Waals surface area contributed by atoms with E-state index >= 15 is 0 Å². The van der Waals surface area contributed by atoms with Crippen molar-refractivity contribution in [2.24, 2.45) is 10.9 Å². The maximum Gasteiger partial charge on any atom is 0.341 e. The number of thiazole rings is 1. The van der Waals surface area contributed by atoms with Gasteiger partial charge in [0.1, 0.15) is 23.5 Å². The topological polar surface area (TPSA) is 105 Å². The Morgan fingerprint density at radius 1 is 1.42 bits per heavy atom. The Morgan fingerprint density at radius 3 is 2.81 bits per heavy atom. The lowest BCUT2D eigenvalue weighted by Gasteiger charge is -2.41. The van der Waals surface area contributed by atoms with Crippen molar-refractivity contribution < 1.29 is 14.7 Å². The number of nitrogens with zero attached hydrogens (tertiary/aromatic N) is 4. The van der Waals surface area contributed by atoms with Crippen molar-refractivity contribution in [3.05, 3.63) is 44.3 Å². The standard InChI is InChI=1S/C17H16N4O4S/c1-9-4-12(20-5-10(6-20)8-22)19-15-13(9)14(23)11(16(24)25)7-21(15)17-18-2-3-26-17/h2-3,7-8,10,12H,4-6H2,1H3,(H,24,25). The van der Waals surface area contributed by atoms with Crippen LogP contribution >= 0.6 is 11.3 Å². The first-order chi connectivity index (χ1) is 12.5. The highest BCUT2D eigenvalue weighted by molar-refractivity contribution is 7.12. The molecular weight excluding hydrogens is 356 g/mol. The fourth-order valence-corrected chi connectivity index (χ4v) is 4.02. The lowest BCUT2D eigenvalue weighted by molar-refractivity contribution is -0.116. The van der Waals surface area contributed by atoms with Gasteiger partial charge >= 0.3 is 5.97 Å². The molecule has 0 saturated carbocycles. The van der Waals surface area contributed by atoms with Gasteiger partial charge in [-0.25, -0.2) is 14.8 Å².